The maximum atomic E-state index is 12.4. The fourth-order valence-corrected chi connectivity index (χ4v) is 2.34. The number of ketones is 1. The van der Waals surface area contributed by atoms with Gasteiger partial charge in [-0.15, -0.1) is 5.10 Å². The first-order valence-electron chi connectivity index (χ1n) is 7.77. The van der Waals surface area contributed by atoms with Crippen molar-refractivity contribution < 1.29 is 14.3 Å². The van der Waals surface area contributed by atoms with Crippen LogP contribution in [0, 0.1) is 0 Å². The molecule has 0 saturated carbocycles. The van der Waals surface area contributed by atoms with E-state index in [0.717, 1.165) is 0 Å². The van der Waals surface area contributed by atoms with E-state index in [9.17, 15) is 9.59 Å². The zero-order chi connectivity index (χ0) is 18.7. The molecule has 3 N–H and O–H groups in total. The average molecular weight is 351 g/mol. The lowest BCUT2D eigenvalue weighted by atomic mass is 10.1. The Hall–Kier alpha value is -3.68. The smallest absolute Gasteiger partial charge is 0.280 e. The normalized spacial score (nSPS) is 10.4. The molecule has 0 aliphatic rings. The van der Waals surface area contributed by atoms with Crippen LogP contribution < -0.4 is 15.8 Å². The number of rotatable bonds is 5. The number of hydrogen-bond acceptors (Lipinski definition) is 6. The van der Waals surface area contributed by atoms with Crippen LogP contribution in [0.25, 0.3) is 5.69 Å². The van der Waals surface area contributed by atoms with Gasteiger partial charge in [-0.05, 0) is 55.5 Å². The Morgan fingerprint density at radius 3 is 2.31 bits per heavy atom. The number of aromatic nitrogens is 3. The number of benzene rings is 2. The Balaban J connectivity index is 1.79. The highest BCUT2D eigenvalue weighted by atomic mass is 16.5. The molecule has 8 nitrogen and oxygen atoms in total. The zero-order valence-corrected chi connectivity index (χ0v) is 14.3. The van der Waals surface area contributed by atoms with E-state index in [1.54, 1.807) is 55.6 Å². The molecule has 2 aromatic carbocycles. The van der Waals surface area contributed by atoms with Crippen LogP contribution in [0.15, 0.2) is 48.5 Å². The van der Waals surface area contributed by atoms with E-state index in [-0.39, 0.29) is 17.3 Å². The Morgan fingerprint density at radius 2 is 1.73 bits per heavy atom. The molecule has 1 amide bonds. The van der Waals surface area contributed by atoms with Gasteiger partial charge >= 0.3 is 0 Å². The lowest BCUT2D eigenvalue weighted by molar-refractivity contribution is 0.101. The van der Waals surface area contributed by atoms with Crippen molar-refractivity contribution >= 4 is 23.2 Å². The van der Waals surface area contributed by atoms with Gasteiger partial charge in [0.1, 0.15) is 5.75 Å². The number of nitrogens with zero attached hydrogens (tertiary/aromatic N) is 3. The van der Waals surface area contributed by atoms with Crippen molar-refractivity contribution in [3.8, 4) is 11.4 Å². The predicted octanol–water partition coefficient (Wildman–Crippen LogP) is 2.31. The van der Waals surface area contributed by atoms with Gasteiger partial charge in [0.25, 0.3) is 5.91 Å². The van der Waals surface area contributed by atoms with Gasteiger partial charge in [0.2, 0.25) is 0 Å². The molecular formula is C18H17N5O3. The number of hydrogen-bond donors (Lipinski definition) is 2. The molecule has 1 heterocycles. The molecule has 0 aliphatic carbocycles. The van der Waals surface area contributed by atoms with Crippen LogP contribution in [0.1, 0.15) is 27.8 Å². The SMILES string of the molecule is COc1ccc(-n2nnc(C(=O)Nc3ccc(C(C)=O)cc3)c2N)cc1. The predicted molar refractivity (Wildman–Crippen MR) is 96.7 cm³/mol. The first kappa shape index (κ1) is 17.2. The quantitative estimate of drug-likeness (QED) is 0.682. The summed E-state index contributed by atoms with van der Waals surface area (Å²) in [5.41, 5.74) is 7.78. The van der Waals surface area contributed by atoms with E-state index in [0.29, 0.717) is 22.7 Å². The van der Waals surface area contributed by atoms with Gasteiger partial charge < -0.3 is 15.8 Å². The summed E-state index contributed by atoms with van der Waals surface area (Å²) in [6.45, 7) is 1.48. The van der Waals surface area contributed by atoms with Gasteiger partial charge in [0, 0.05) is 11.3 Å². The third-order valence-corrected chi connectivity index (χ3v) is 3.79. The highest BCUT2D eigenvalue weighted by molar-refractivity contribution is 6.06. The van der Waals surface area contributed by atoms with Gasteiger partial charge in [-0.3, -0.25) is 9.59 Å². The van der Waals surface area contributed by atoms with Crippen molar-refractivity contribution in [2.75, 3.05) is 18.2 Å². The summed E-state index contributed by atoms with van der Waals surface area (Å²) >= 11 is 0. The molecule has 132 valence electrons. The summed E-state index contributed by atoms with van der Waals surface area (Å²) in [6.07, 6.45) is 0. The minimum absolute atomic E-state index is 0.0106. The topological polar surface area (TPSA) is 112 Å². The number of anilines is 2. The van der Waals surface area contributed by atoms with Crippen molar-refractivity contribution in [2.45, 2.75) is 6.92 Å². The van der Waals surface area contributed by atoms with E-state index in [1.807, 2.05) is 0 Å². The molecule has 0 saturated heterocycles. The van der Waals surface area contributed by atoms with Crippen molar-refractivity contribution in [1.82, 2.24) is 15.0 Å². The van der Waals surface area contributed by atoms with Crippen LogP contribution in [0.5, 0.6) is 5.75 Å². The number of amides is 1. The molecule has 0 radical (unpaired) electrons. The first-order valence-corrected chi connectivity index (χ1v) is 7.77. The Bertz CT molecular complexity index is 946. The highest BCUT2D eigenvalue weighted by Gasteiger charge is 2.18. The fourth-order valence-electron chi connectivity index (χ4n) is 2.34. The van der Waals surface area contributed by atoms with Crippen LogP contribution in [0.4, 0.5) is 11.5 Å². The Kier molecular flexibility index (Phi) is 4.66. The van der Waals surface area contributed by atoms with E-state index in [1.165, 1.54) is 11.6 Å². The lowest BCUT2D eigenvalue weighted by Gasteiger charge is -2.06. The number of ether oxygens (including phenoxy) is 1. The number of Topliss-reactive ketones (excluding diaryl/α,β-unsaturated/α-hetero) is 1. The van der Waals surface area contributed by atoms with Gasteiger partial charge in [-0.1, -0.05) is 5.21 Å². The minimum atomic E-state index is -0.488. The second kappa shape index (κ2) is 7.06. The molecule has 0 fully saturated rings. The summed E-state index contributed by atoms with van der Waals surface area (Å²) in [6, 6.07) is 13.6. The number of carbonyl (C=O) groups is 2. The molecule has 0 atom stereocenters. The number of nitrogens with one attached hydrogen (secondary N) is 1. The van der Waals surface area contributed by atoms with Crippen molar-refractivity contribution in [3.05, 3.63) is 59.8 Å². The standard InChI is InChI=1S/C18H17N5O3/c1-11(24)12-3-5-13(6-4-12)20-18(25)16-17(19)23(22-21-16)14-7-9-15(26-2)10-8-14/h3-10H,19H2,1-2H3,(H,20,25). The van der Waals surface area contributed by atoms with Gasteiger partial charge in [0.05, 0.1) is 12.8 Å². The van der Waals surface area contributed by atoms with Crippen LogP contribution >= 0.6 is 0 Å². The number of carbonyl (C=O) groups excluding carboxylic acids is 2. The highest BCUT2D eigenvalue weighted by Crippen LogP contribution is 2.19. The van der Waals surface area contributed by atoms with Gasteiger partial charge in [-0.2, -0.15) is 4.68 Å². The summed E-state index contributed by atoms with van der Waals surface area (Å²) in [4.78, 5) is 23.7. The lowest BCUT2D eigenvalue weighted by Crippen LogP contribution is -2.15. The third-order valence-electron chi connectivity index (χ3n) is 3.79. The third kappa shape index (κ3) is 3.39. The summed E-state index contributed by atoms with van der Waals surface area (Å²) in [5.74, 6) is 0.278. The molecule has 1 aromatic heterocycles. The van der Waals surface area contributed by atoms with Crippen LogP contribution in [0.3, 0.4) is 0 Å². The van der Waals surface area contributed by atoms with Gasteiger partial charge in [0.15, 0.2) is 17.3 Å². The number of methoxy groups -OCH3 is 1. The van der Waals surface area contributed by atoms with E-state index >= 15 is 0 Å². The van der Waals surface area contributed by atoms with E-state index < -0.39 is 5.91 Å². The number of nitrogen functional groups attached to an aromatic ring is 1. The van der Waals surface area contributed by atoms with E-state index in [2.05, 4.69) is 15.6 Å². The fraction of sp³-hybridized carbons (Fsp3) is 0.111. The monoisotopic (exact) mass is 351 g/mol. The maximum absolute atomic E-state index is 12.4. The molecule has 8 heteroatoms. The number of nitrogens with two attached hydrogens (primary N) is 1. The second-order valence-corrected chi connectivity index (χ2v) is 5.52. The molecule has 3 aromatic rings. The average Bonchev–Trinajstić information content (AvgIpc) is 3.04. The van der Waals surface area contributed by atoms with E-state index in [4.69, 9.17) is 10.5 Å². The van der Waals surface area contributed by atoms with Crippen LogP contribution in [0.2, 0.25) is 0 Å². The largest absolute Gasteiger partial charge is 0.497 e. The molecule has 26 heavy (non-hydrogen) atoms. The Labute approximate surface area is 149 Å². The van der Waals surface area contributed by atoms with Crippen molar-refractivity contribution in [3.63, 3.8) is 0 Å². The molecule has 0 unspecified atom stereocenters. The van der Waals surface area contributed by atoms with Crippen LogP contribution in [-0.2, 0) is 0 Å². The Morgan fingerprint density at radius 1 is 1.08 bits per heavy atom. The molecule has 0 aliphatic heterocycles. The first-order chi connectivity index (χ1) is 12.5. The molecular weight excluding hydrogens is 334 g/mol. The summed E-state index contributed by atoms with van der Waals surface area (Å²) < 4.78 is 6.47. The second-order valence-electron chi connectivity index (χ2n) is 5.52. The zero-order valence-electron chi connectivity index (χ0n) is 14.3. The summed E-state index contributed by atoms with van der Waals surface area (Å²) in [5, 5.41) is 10.5. The maximum Gasteiger partial charge on any atom is 0.280 e. The van der Waals surface area contributed by atoms with Crippen LogP contribution in [-0.4, -0.2) is 33.8 Å². The summed E-state index contributed by atoms with van der Waals surface area (Å²) in [7, 11) is 1.57. The van der Waals surface area contributed by atoms with Crippen molar-refractivity contribution in [1.29, 1.82) is 0 Å². The molecule has 0 bridgehead atoms. The molecule has 0 spiro atoms. The minimum Gasteiger partial charge on any atom is -0.497 e. The van der Waals surface area contributed by atoms with Crippen molar-refractivity contribution in [2.24, 2.45) is 0 Å². The molecule has 3 rings (SSSR count). The van der Waals surface area contributed by atoms with Gasteiger partial charge in [-0.25, -0.2) is 0 Å².